The zero-order valence-electron chi connectivity index (χ0n) is 40.0. The Hall–Kier alpha value is -3.22. The van der Waals surface area contributed by atoms with Crippen LogP contribution in [0.1, 0.15) is 220 Å². The van der Waals surface area contributed by atoms with Crippen molar-refractivity contribution in [3.05, 3.63) is 0 Å². The smallest absolute Gasteiger partial charge is 0.307 e. The fourth-order valence-electron chi connectivity index (χ4n) is 6.63. The van der Waals surface area contributed by atoms with Crippen LogP contribution in [-0.2, 0) is 57.2 Å². The standard InChI is InChI=1S/C49H89NO12/c1-6-10-14-18-22-26-30-44(51)57-38-42(39-58-45(52)31-27-23-19-15-11-7-2)61-48(55)34-36-50(5)37-35-49(56)62-43(40-59-46(53)32-28-24-20-16-12-8-3)41-60-47(54)33-29-25-21-17-13-9-4/h42-43H,6-41H2,1-5H3. The van der Waals surface area contributed by atoms with Gasteiger partial charge in [-0.05, 0) is 32.7 Å². The highest BCUT2D eigenvalue weighted by molar-refractivity contribution is 5.72. The van der Waals surface area contributed by atoms with Gasteiger partial charge in [0, 0.05) is 38.8 Å². The molecule has 0 atom stereocenters. The Morgan fingerprint density at radius 2 is 0.548 bits per heavy atom. The molecule has 0 aromatic carbocycles. The lowest BCUT2D eigenvalue weighted by atomic mass is 10.1. The number of hydrogen-bond acceptors (Lipinski definition) is 13. The molecule has 0 aliphatic heterocycles. The number of ether oxygens (including phenoxy) is 6. The van der Waals surface area contributed by atoms with E-state index in [9.17, 15) is 28.8 Å². The Balaban J connectivity index is 5.04. The average molecular weight is 884 g/mol. The van der Waals surface area contributed by atoms with Gasteiger partial charge in [-0.2, -0.15) is 0 Å². The van der Waals surface area contributed by atoms with E-state index in [1.165, 1.54) is 25.7 Å². The molecule has 362 valence electrons. The van der Waals surface area contributed by atoms with E-state index in [1.54, 1.807) is 11.9 Å². The predicted molar refractivity (Wildman–Crippen MR) is 242 cm³/mol. The molecule has 0 N–H and O–H groups in total. The summed E-state index contributed by atoms with van der Waals surface area (Å²) in [7, 11) is 1.75. The van der Waals surface area contributed by atoms with Crippen molar-refractivity contribution in [3.8, 4) is 0 Å². The summed E-state index contributed by atoms with van der Waals surface area (Å²) in [5.41, 5.74) is 0. The van der Waals surface area contributed by atoms with Crippen LogP contribution >= 0.6 is 0 Å². The maximum absolute atomic E-state index is 12.9. The third-order valence-electron chi connectivity index (χ3n) is 10.7. The normalized spacial score (nSPS) is 11.2. The Morgan fingerprint density at radius 3 is 0.790 bits per heavy atom. The van der Waals surface area contributed by atoms with Crippen molar-refractivity contribution in [1.29, 1.82) is 0 Å². The molecule has 0 saturated heterocycles. The van der Waals surface area contributed by atoms with Gasteiger partial charge in [0.15, 0.2) is 12.2 Å². The third kappa shape index (κ3) is 39.6. The van der Waals surface area contributed by atoms with Crippen molar-refractivity contribution in [1.82, 2.24) is 4.90 Å². The maximum atomic E-state index is 12.9. The van der Waals surface area contributed by atoms with Crippen LogP contribution in [0.15, 0.2) is 0 Å². The van der Waals surface area contributed by atoms with Gasteiger partial charge in [0.1, 0.15) is 26.4 Å². The molecule has 0 fully saturated rings. The molecule has 0 bridgehead atoms. The number of rotatable bonds is 44. The van der Waals surface area contributed by atoms with E-state index in [1.807, 2.05) is 0 Å². The number of carbonyl (C=O) groups is 6. The fraction of sp³-hybridized carbons (Fsp3) is 0.878. The lowest BCUT2D eigenvalue weighted by Gasteiger charge is -2.21. The maximum Gasteiger partial charge on any atom is 0.307 e. The van der Waals surface area contributed by atoms with E-state index in [0.717, 1.165) is 128 Å². The summed E-state index contributed by atoms with van der Waals surface area (Å²) in [6.07, 6.45) is 24.0. The summed E-state index contributed by atoms with van der Waals surface area (Å²) in [6.45, 7) is 8.28. The van der Waals surface area contributed by atoms with Crippen LogP contribution in [0.2, 0.25) is 0 Å². The van der Waals surface area contributed by atoms with Crippen LogP contribution in [0.5, 0.6) is 0 Å². The highest BCUT2D eigenvalue weighted by Crippen LogP contribution is 2.13. The van der Waals surface area contributed by atoms with Gasteiger partial charge in [0.2, 0.25) is 0 Å². The van der Waals surface area contributed by atoms with Gasteiger partial charge >= 0.3 is 35.8 Å². The van der Waals surface area contributed by atoms with Crippen LogP contribution in [0, 0.1) is 0 Å². The first-order chi connectivity index (χ1) is 30.0. The Bertz CT molecular complexity index is 998. The molecule has 0 rings (SSSR count). The monoisotopic (exact) mass is 884 g/mol. The first kappa shape index (κ1) is 58.8. The van der Waals surface area contributed by atoms with Gasteiger partial charge in [-0.1, -0.05) is 156 Å². The minimum absolute atomic E-state index is 0.0226. The molecule has 0 saturated carbocycles. The summed E-state index contributed by atoms with van der Waals surface area (Å²) in [6, 6.07) is 0. The lowest BCUT2D eigenvalue weighted by molar-refractivity contribution is -0.167. The van der Waals surface area contributed by atoms with Crippen molar-refractivity contribution < 1.29 is 57.2 Å². The highest BCUT2D eigenvalue weighted by Gasteiger charge is 2.22. The summed E-state index contributed by atoms with van der Waals surface area (Å²) in [5.74, 6) is -2.65. The second kappa shape index (κ2) is 43.1. The number of esters is 6. The van der Waals surface area contributed by atoms with Gasteiger partial charge in [-0.25, -0.2) is 0 Å². The zero-order valence-corrected chi connectivity index (χ0v) is 40.0. The molecule has 0 unspecified atom stereocenters. The predicted octanol–water partition coefficient (Wildman–Crippen LogP) is 10.7. The number of hydrogen-bond donors (Lipinski definition) is 0. The van der Waals surface area contributed by atoms with Crippen molar-refractivity contribution in [2.24, 2.45) is 0 Å². The van der Waals surface area contributed by atoms with Gasteiger partial charge in [-0.3, -0.25) is 28.8 Å². The molecular weight excluding hydrogens is 795 g/mol. The van der Waals surface area contributed by atoms with Crippen molar-refractivity contribution in [2.75, 3.05) is 46.6 Å². The molecular formula is C49H89NO12. The highest BCUT2D eigenvalue weighted by atomic mass is 16.6. The van der Waals surface area contributed by atoms with E-state index in [2.05, 4.69) is 27.7 Å². The van der Waals surface area contributed by atoms with Crippen molar-refractivity contribution in [2.45, 2.75) is 233 Å². The SMILES string of the molecule is CCCCCCCCC(=O)OCC(COC(=O)CCCCCCCC)OC(=O)CCN(C)CCC(=O)OC(COC(=O)CCCCCCCC)COC(=O)CCCCCCCC. The second-order valence-corrected chi connectivity index (χ2v) is 16.8. The molecule has 0 aromatic heterocycles. The lowest BCUT2D eigenvalue weighted by Crippen LogP contribution is -2.33. The first-order valence-corrected chi connectivity index (χ1v) is 24.7. The molecule has 0 aliphatic carbocycles. The summed E-state index contributed by atoms with van der Waals surface area (Å²) in [4.78, 5) is 77.4. The molecule has 13 nitrogen and oxygen atoms in total. The van der Waals surface area contributed by atoms with Crippen molar-refractivity contribution in [3.63, 3.8) is 0 Å². The van der Waals surface area contributed by atoms with E-state index in [0.29, 0.717) is 0 Å². The first-order valence-electron chi connectivity index (χ1n) is 24.7. The van der Waals surface area contributed by atoms with Gasteiger partial charge in [0.05, 0.1) is 12.8 Å². The molecule has 0 amide bonds. The Kier molecular flexibility index (Phi) is 40.8. The number of unbranched alkanes of at least 4 members (excludes halogenated alkanes) is 20. The quantitative estimate of drug-likeness (QED) is 0.0323. The fourth-order valence-corrected chi connectivity index (χ4v) is 6.63. The van der Waals surface area contributed by atoms with Crippen LogP contribution in [0.4, 0.5) is 0 Å². The van der Waals surface area contributed by atoms with Crippen molar-refractivity contribution >= 4 is 35.8 Å². The van der Waals surface area contributed by atoms with Gasteiger partial charge in [0.25, 0.3) is 0 Å². The Labute approximate surface area is 376 Å². The molecule has 0 heterocycles. The molecule has 0 aliphatic rings. The largest absolute Gasteiger partial charge is 0.462 e. The average Bonchev–Trinajstić information content (AvgIpc) is 3.26. The van der Waals surface area contributed by atoms with Crippen LogP contribution < -0.4 is 0 Å². The van der Waals surface area contributed by atoms with Crippen LogP contribution in [-0.4, -0.2) is 99.5 Å². The van der Waals surface area contributed by atoms with E-state index < -0.39 is 24.1 Å². The van der Waals surface area contributed by atoms with E-state index >= 15 is 0 Å². The number of nitrogens with zero attached hydrogens (tertiary/aromatic N) is 1. The second-order valence-electron chi connectivity index (χ2n) is 16.8. The molecule has 13 heteroatoms. The topological polar surface area (TPSA) is 161 Å². The summed E-state index contributed by atoms with van der Waals surface area (Å²) in [5, 5.41) is 0. The number of carbonyl (C=O) groups excluding carboxylic acids is 6. The molecule has 62 heavy (non-hydrogen) atoms. The third-order valence-corrected chi connectivity index (χ3v) is 10.7. The minimum atomic E-state index is -0.943. The van der Waals surface area contributed by atoms with Gasteiger partial charge < -0.3 is 33.3 Å². The molecule has 0 aromatic rings. The van der Waals surface area contributed by atoms with Gasteiger partial charge in [-0.15, -0.1) is 0 Å². The van der Waals surface area contributed by atoms with E-state index in [4.69, 9.17) is 28.4 Å². The molecule has 0 spiro atoms. The van der Waals surface area contributed by atoms with Crippen LogP contribution in [0.3, 0.4) is 0 Å². The zero-order chi connectivity index (χ0) is 45.9. The van der Waals surface area contributed by atoms with Crippen LogP contribution in [0.25, 0.3) is 0 Å². The summed E-state index contributed by atoms with van der Waals surface area (Å²) < 4.78 is 32.9. The Morgan fingerprint density at radius 1 is 0.323 bits per heavy atom. The molecule has 0 radical (unpaired) electrons. The summed E-state index contributed by atoms with van der Waals surface area (Å²) >= 11 is 0. The van der Waals surface area contributed by atoms with E-state index in [-0.39, 0.29) is 102 Å². The minimum Gasteiger partial charge on any atom is -0.462 e.